The summed E-state index contributed by atoms with van der Waals surface area (Å²) in [5, 5.41) is 3.06. The molecule has 0 spiro atoms. The van der Waals surface area contributed by atoms with Crippen LogP contribution in [-0.4, -0.2) is 50.9 Å². The molecule has 2 atom stereocenters. The van der Waals surface area contributed by atoms with Crippen molar-refractivity contribution in [3.8, 4) is 17.2 Å². The van der Waals surface area contributed by atoms with Crippen LogP contribution in [0.15, 0.2) is 144 Å². The number of hydrogen-bond acceptors (Lipinski definition) is 6. The molecule has 0 aliphatic rings. The van der Waals surface area contributed by atoms with E-state index in [1.165, 1.54) is 17.0 Å². The third-order valence-electron chi connectivity index (χ3n) is 8.47. The van der Waals surface area contributed by atoms with Crippen molar-refractivity contribution in [3.05, 3.63) is 151 Å². The van der Waals surface area contributed by atoms with Gasteiger partial charge in [-0.2, -0.15) is 0 Å². The highest BCUT2D eigenvalue weighted by molar-refractivity contribution is 7.92. The fourth-order valence-corrected chi connectivity index (χ4v) is 6.95. The van der Waals surface area contributed by atoms with Gasteiger partial charge in [0.2, 0.25) is 11.8 Å². The van der Waals surface area contributed by atoms with Gasteiger partial charge in [-0.25, -0.2) is 8.42 Å². The number of para-hydroxylation sites is 1. The average Bonchev–Trinajstić information content (AvgIpc) is 3.16. The molecule has 5 rings (SSSR count). The van der Waals surface area contributed by atoms with E-state index in [1.807, 2.05) is 86.6 Å². The molecule has 0 radical (unpaired) electrons. The molecule has 5 aromatic carbocycles. The highest BCUT2D eigenvalue weighted by atomic mass is 32.2. The lowest BCUT2D eigenvalue weighted by atomic mass is 10.0. The molecule has 51 heavy (non-hydrogen) atoms. The number of rotatable bonds is 16. The van der Waals surface area contributed by atoms with E-state index in [0.29, 0.717) is 23.7 Å². The van der Waals surface area contributed by atoms with E-state index in [0.717, 1.165) is 15.4 Å². The van der Waals surface area contributed by atoms with Gasteiger partial charge in [-0.05, 0) is 85.1 Å². The maximum absolute atomic E-state index is 14.7. The van der Waals surface area contributed by atoms with Crippen LogP contribution in [0, 0.1) is 0 Å². The van der Waals surface area contributed by atoms with Crippen LogP contribution in [0.5, 0.6) is 17.2 Å². The van der Waals surface area contributed by atoms with Crippen LogP contribution in [0.3, 0.4) is 0 Å². The predicted octanol–water partition coefficient (Wildman–Crippen LogP) is 7.24. The Labute approximate surface area is 300 Å². The van der Waals surface area contributed by atoms with Crippen molar-refractivity contribution in [2.45, 2.75) is 50.2 Å². The fourth-order valence-electron chi connectivity index (χ4n) is 5.52. The topological polar surface area (TPSA) is 105 Å². The second-order valence-corrected chi connectivity index (χ2v) is 14.0. The number of hydrogen-bond donors (Lipinski definition) is 1. The maximum atomic E-state index is 14.7. The summed E-state index contributed by atoms with van der Waals surface area (Å²) in [7, 11) is -2.68. The lowest BCUT2D eigenvalue weighted by Crippen LogP contribution is -2.54. The van der Waals surface area contributed by atoms with Gasteiger partial charge in [-0.3, -0.25) is 13.9 Å². The van der Waals surface area contributed by atoms with Crippen LogP contribution in [0.25, 0.3) is 0 Å². The van der Waals surface area contributed by atoms with Gasteiger partial charge in [-0.15, -0.1) is 0 Å². The van der Waals surface area contributed by atoms with Gasteiger partial charge in [0.25, 0.3) is 10.0 Å². The Bertz CT molecular complexity index is 1980. The van der Waals surface area contributed by atoms with Crippen LogP contribution in [-0.2, 0) is 32.6 Å². The Morgan fingerprint density at radius 3 is 1.92 bits per heavy atom. The van der Waals surface area contributed by atoms with Crippen LogP contribution < -0.4 is 19.1 Å². The van der Waals surface area contributed by atoms with Crippen LogP contribution >= 0.6 is 0 Å². The number of sulfonamides is 1. The van der Waals surface area contributed by atoms with E-state index < -0.39 is 28.5 Å². The second kappa shape index (κ2) is 17.4. The molecule has 2 amide bonds. The zero-order valence-electron chi connectivity index (χ0n) is 29.0. The van der Waals surface area contributed by atoms with Crippen LogP contribution in [0.2, 0.25) is 0 Å². The van der Waals surface area contributed by atoms with E-state index in [4.69, 9.17) is 9.47 Å². The number of ether oxygens (including phenoxy) is 2. The SMILES string of the molecule is CC[C@H](C)NC(=O)[C@H](Cc1ccccc1)N(Cc1cccc(OC)c1)C(=O)CN(c1ccc(Oc2ccccc2)cc1)S(=O)(=O)c1ccccc1. The van der Waals surface area contributed by atoms with E-state index in [1.54, 1.807) is 61.7 Å². The molecule has 0 bridgehead atoms. The minimum Gasteiger partial charge on any atom is -0.497 e. The second-order valence-electron chi connectivity index (χ2n) is 12.1. The first-order chi connectivity index (χ1) is 24.7. The Kier molecular flexibility index (Phi) is 12.5. The zero-order chi connectivity index (χ0) is 36.2. The minimum atomic E-state index is -4.24. The molecule has 0 saturated carbocycles. The van der Waals surface area contributed by atoms with Crippen molar-refractivity contribution < 1.29 is 27.5 Å². The molecule has 1 N–H and O–H groups in total. The molecular formula is C41H43N3O6S. The molecule has 0 heterocycles. The molecule has 264 valence electrons. The lowest BCUT2D eigenvalue weighted by molar-refractivity contribution is -0.140. The largest absolute Gasteiger partial charge is 0.497 e. The Hall–Kier alpha value is -5.61. The number of nitrogens with one attached hydrogen (secondary N) is 1. The number of benzene rings is 5. The highest BCUT2D eigenvalue weighted by Gasteiger charge is 2.35. The molecule has 9 nitrogen and oxygen atoms in total. The number of methoxy groups -OCH3 is 1. The highest BCUT2D eigenvalue weighted by Crippen LogP contribution is 2.29. The first kappa shape index (κ1) is 36.7. The summed E-state index contributed by atoms with van der Waals surface area (Å²) in [6.07, 6.45) is 0.913. The number of anilines is 1. The summed E-state index contributed by atoms with van der Waals surface area (Å²) in [6.45, 7) is 3.34. The van der Waals surface area contributed by atoms with Crippen molar-refractivity contribution in [1.82, 2.24) is 10.2 Å². The number of nitrogens with zero attached hydrogens (tertiary/aromatic N) is 2. The van der Waals surface area contributed by atoms with E-state index in [2.05, 4.69) is 5.32 Å². The molecule has 0 saturated heterocycles. The van der Waals surface area contributed by atoms with E-state index >= 15 is 0 Å². The maximum Gasteiger partial charge on any atom is 0.264 e. The number of carbonyl (C=O) groups excluding carboxylic acids is 2. The molecule has 0 fully saturated rings. The third kappa shape index (κ3) is 9.76. The first-order valence-electron chi connectivity index (χ1n) is 16.9. The molecule has 10 heteroatoms. The van der Waals surface area contributed by atoms with E-state index in [-0.39, 0.29) is 35.5 Å². The van der Waals surface area contributed by atoms with Gasteiger partial charge >= 0.3 is 0 Å². The summed E-state index contributed by atoms with van der Waals surface area (Å²) in [5.41, 5.74) is 1.84. The van der Waals surface area contributed by atoms with Gasteiger partial charge in [-0.1, -0.05) is 85.8 Å². The minimum absolute atomic E-state index is 0.0251. The third-order valence-corrected chi connectivity index (χ3v) is 10.3. The summed E-state index contributed by atoms with van der Waals surface area (Å²) >= 11 is 0. The summed E-state index contributed by atoms with van der Waals surface area (Å²) in [4.78, 5) is 30.3. The van der Waals surface area contributed by atoms with Gasteiger partial charge in [0.05, 0.1) is 17.7 Å². The quantitative estimate of drug-likeness (QED) is 0.116. The van der Waals surface area contributed by atoms with Crippen molar-refractivity contribution in [3.63, 3.8) is 0 Å². The monoisotopic (exact) mass is 705 g/mol. The van der Waals surface area contributed by atoms with Gasteiger partial charge < -0.3 is 19.7 Å². The molecule has 0 aliphatic heterocycles. The molecule has 5 aromatic rings. The Balaban J connectivity index is 1.56. The summed E-state index contributed by atoms with van der Waals surface area (Å²) in [5.74, 6) is 0.835. The van der Waals surface area contributed by atoms with Crippen LogP contribution in [0.1, 0.15) is 31.4 Å². The fraction of sp³-hybridized carbons (Fsp3) is 0.220. The lowest BCUT2D eigenvalue weighted by Gasteiger charge is -2.34. The number of carbonyl (C=O) groups is 2. The average molecular weight is 706 g/mol. The van der Waals surface area contributed by atoms with Gasteiger partial charge in [0.1, 0.15) is 29.8 Å². The van der Waals surface area contributed by atoms with Gasteiger partial charge in [0.15, 0.2) is 0 Å². The zero-order valence-corrected chi connectivity index (χ0v) is 29.8. The Morgan fingerprint density at radius 1 is 0.725 bits per heavy atom. The van der Waals surface area contributed by atoms with Crippen molar-refractivity contribution in [2.75, 3.05) is 18.0 Å². The van der Waals surface area contributed by atoms with Crippen molar-refractivity contribution in [1.29, 1.82) is 0 Å². The molecule has 0 unspecified atom stereocenters. The number of amides is 2. The normalized spacial score (nSPS) is 12.3. The summed E-state index contributed by atoms with van der Waals surface area (Å²) in [6, 6.07) is 39.4. The van der Waals surface area contributed by atoms with Crippen LogP contribution in [0.4, 0.5) is 5.69 Å². The molecular weight excluding hydrogens is 663 g/mol. The predicted molar refractivity (Wildman–Crippen MR) is 199 cm³/mol. The Morgan fingerprint density at radius 2 is 1.29 bits per heavy atom. The van der Waals surface area contributed by atoms with Crippen molar-refractivity contribution in [2.24, 2.45) is 0 Å². The standard InChI is InChI=1S/C41H43N3O6S/c1-4-31(2)42-41(46)39(28-32-15-8-5-9-16-32)43(29-33-17-14-20-37(27-33)49-3)40(45)30-44(51(47,48)38-21-12-7-13-22-38)34-23-25-36(26-24-34)50-35-18-10-6-11-19-35/h5-27,31,39H,4,28-30H2,1-3H3,(H,42,46)/t31-,39-/m0/s1. The molecule has 0 aliphatic carbocycles. The first-order valence-corrected chi connectivity index (χ1v) is 18.3. The van der Waals surface area contributed by atoms with Gasteiger partial charge in [0, 0.05) is 19.0 Å². The molecule has 0 aromatic heterocycles. The summed E-state index contributed by atoms with van der Waals surface area (Å²) < 4.78 is 41.1. The van der Waals surface area contributed by atoms with E-state index in [9.17, 15) is 18.0 Å². The smallest absolute Gasteiger partial charge is 0.264 e. The van der Waals surface area contributed by atoms with Crippen molar-refractivity contribution >= 4 is 27.5 Å².